The topological polar surface area (TPSA) is 55.4 Å². The molecule has 0 radical (unpaired) electrons. The van der Waals surface area contributed by atoms with E-state index in [0.717, 1.165) is 12.8 Å². The molecule has 0 aromatic heterocycles. The number of hydrogen-bond donors (Lipinski definition) is 1. The van der Waals surface area contributed by atoms with Crippen molar-refractivity contribution in [3.8, 4) is 5.75 Å². The van der Waals surface area contributed by atoms with Crippen molar-refractivity contribution in [3.05, 3.63) is 52.5 Å². The Bertz CT molecular complexity index is 742. The van der Waals surface area contributed by atoms with Gasteiger partial charge in [-0.15, -0.1) is 0 Å². The van der Waals surface area contributed by atoms with Crippen molar-refractivity contribution >= 4 is 31.6 Å². The Morgan fingerprint density at radius 2 is 1.82 bits per heavy atom. The normalized spacial score (nSPS) is 11.2. The van der Waals surface area contributed by atoms with Crippen LogP contribution < -0.4 is 9.46 Å². The summed E-state index contributed by atoms with van der Waals surface area (Å²) in [6.45, 7) is 2.11. The van der Waals surface area contributed by atoms with E-state index in [2.05, 4.69) is 27.6 Å². The first-order chi connectivity index (χ1) is 10.5. The summed E-state index contributed by atoms with van der Waals surface area (Å²) in [5, 5.41) is 0. The summed E-state index contributed by atoms with van der Waals surface area (Å²) in [6.07, 6.45) is 2.03. The predicted octanol–water partition coefficient (Wildman–Crippen LogP) is 4.21. The Morgan fingerprint density at radius 1 is 1.14 bits per heavy atom. The van der Waals surface area contributed by atoms with Gasteiger partial charge in [0.25, 0.3) is 10.0 Å². The number of rotatable bonds is 6. The van der Waals surface area contributed by atoms with Crippen molar-refractivity contribution < 1.29 is 13.2 Å². The molecule has 2 aromatic rings. The third kappa shape index (κ3) is 4.01. The molecular weight excluding hydrogens is 366 g/mol. The molecule has 0 aliphatic rings. The van der Waals surface area contributed by atoms with E-state index in [9.17, 15) is 8.42 Å². The quantitative estimate of drug-likeness (QED) is 0.812. The molecule has 0 amide bonds. The van der Waals surface area contributed by atoms with Gasteiger partial charge in [0.1, 0.15) is 10.6 Å². The van der Waals surface area contributed by atoms with Gasteiger partial charge in [0.15, 0.2) is 0 Å². The van der Waals surface area contributed by atoms with Crippen molar-refractivity contribution in [2.24, 2.45) is 0 Å². The molecule has 22 heavy (non-hydrogen) atoms. The van der Waals surface area contributed by atoms with Crippen molar-refractivity contribution in [1.82, 2.24) is 0 Å². The summed E-state index contributed by atoms with van der Waals surface area (Å²) >= 11 is 3.28. The molecule has 6 heteroatoms. The molecule has 0 atom stereocenters. The summed E-state index contributed by atoms with van der Waals surface area (Å²) in [7, 11) is -2.26. The second kappa shape index (κ2) is 7.15. The minimum atomic E-state index is -3.71. The number of hydrogen-bond acceptors (Lipinski definition) is 3. The Morgan fingerprint density at radius 3 is 2.41 bits per heavy atom. The molecule has 2 aromatic carbocycles. The molecule has 0 fully saturated rings. The standard InChI is InChI=1S/C16H18BrNO3S/c1-3-4-12-5-8-14(9-6-12)18-22(19,20)16-11-13(17)7-10-15(16)21-2/h5-11,18H,3-4H2,1-2H3. The lowest BCUT2D eigenvalue weighted by Crippen LogP contribution is -2.14. The summed E-state index contributed by atoms with van der Waals surface area (Å²) in [6, 6.07) is 12.3. The molecule has 0 saturated heterocycles. The predicted molar refractivity (Wildman–Crippen MR) is 91.9 cm³/mol. The van der Waals surface area contributed by atoms with E-state index in [0.29, 0.717) is 15.9 Å². The van der Waals surface area contributed by atoms with E-state index in [4.69, 9.17) is 4.74 Å². The molecule has 0 saturated carbocycles. The number of aryl methyl sites for hydroxylation is 1. The van der Waals surface area contributed by atoms with E-state index in [1.54, 1.807) is 24.3 Å². The van der Waals surface area contributed by atoms with Crippen LogP contribution in [0.3, 0.4) is 0 Å². The molecule has 4 nitrogen and oxygen atoms in total. The molecule has 0 aliphatic carbocycles. The highest BCUT2D eigenvalue weighted by Gasteiger charge is 2.20. The third-order valence-corrected chi connectivity index (χ3v) is 5.06. The molecule has 0 heterocycles. The van der Waals surface area contributed by atoms with Gasteiger partial charge in [-0.3, -0.25) is 4.72 Å². The molecule has 0 bridgehead atoms. The lowest BCUT2D eigenvalue weighted by Gasteiger charge is -2.12. The number of nitrogens with one attached hydrogen (secondary N) is 1. The van der Waals surface area contributed by atoms with Gasteiger partial charge in [-0.2, -0.15) is 0 Å². The van der Waals surface area contributed by atoms with Gasteiger partial charge >= 0.3 is 0 Å². The molecule has 1 N–H and O–H groups in total. The number of benzene rings is 2. The van der Waals surface area contributed by atoms with Crippen LogP contribution in [0.1, 0.15) is 18.9 Å². The van der Waals surface area contributed by atoms with Gasteiger partial charge in [0.2, 0.25) is 0 Å². The number of ether oxygens (including phenoxy) is 1. The Balaban J connectivity index is 2.29. The fraction of sp³-hybridized carbons (Fsp3) is 0.250. The van der Waals surface area contributed by atoms with Crippen LogP contribution in [0.2, 0.25) is 0 Å². The van der Waals surface area contributed by atoms with Crippen LogP contribution in [0.25, 0.3) is 0 Å². The van der Waals surface area contributed by atoms with E-state index in [1.807, 2.05) is 12.1 Å². The fourth-order valence-corrected chi connectivity index (χ4v) is 3.87. The van der Waals surface area contributed by atoms with E-state index < -0.39 is 10.0 Å². The molecule has 2 rings (SSSR count). The Kier molecular flexibility index (Phi) is 5.47. The average molecular weight is 384 g/mol. The maximum atomic E-state index is 12.5. The van der Waals surface area contributed by atoms with Gasteiger partial charge < -0.3 is 4.74 Å². The minimum absolute atomic E-state index is 0.0991. The van der Waals surface area contributed by atoms with Gasteiger partial charge in [-0.25, -0.2) is 8.42 Å². The number of methoxy groups -OCH3 is 1. The first-order valence-electron chi connectivity index (χ1n) is 6.91. The lowest BCUT2D eigenvalue weighted by molar-refractivity contribution is 0.403. The zero-order valence-electron chi connectivity index (χ0n) is 12.5. The Labute approximate surface area is 139 Å². The van der Waals surface area contributed by atoms with Crippen LogP contribution in [0.5, 0.6) is 5.75 Å². The average Bonchev–Trinajstić information content (AvgIpc) is 2.49. The van der Waals surface area contributed by atoms with E-state index in [-0.39, 0.29) is 4.90 Å². The molecule has 0 spiro atoms. The SMILES string of the molecule is CCCc1ccc(NS(=O)(=O)c2cc(Br)ccc2OC)cc1. The maximum Gasteiger partial charge on any atom is 0.265 e. The molecular formula is C16H18BrNO3S. The third-order valence-electron chi connectivity index (χ3n) is 3.16. The molecule has 0 aliphatic heterocycles. The van der Waals surface area contributed by atoms with Gasteiger partial charge in [0, 0.05) is 10.2 Å². The van der Waals surface area contributed by atoms with Gasteiger partial charge in [-0.1, -0.05) is 41.4 Å². The highest BCUT2D eigenvalue weighted by Crippen LogP contribution is 2.28. The minimum Gasteiger partial charge on any atom is -0.495 e. The maximum absolute atomic E-state index is 12.5. The second-order valence-corrected chi connectivity index (χ2v) is 7.41. The zero-order valence-corrected chi connectivity index (χ0v) is 14.9. The second-order valence-electron chi connectivity index (χ2n) is 4.85. The number of halogens is 1. The largest absolute Gasteiger partial charge is 0.495 e. The van der Waals surface area contributed by atoms with Crippen LogP contribution >= 0.6 is 15.9 Å². The molecule has 118 valence electrons. The first kappa shape index (κ1) is 16.8. The summed E-state index contributed by atoms with van der Waals surface area (Å²) in [4.78, 5) is 0.0991. The zero-order chi connectivity index (χ0) is 16.2. The summed E-state index contributed by atoms with van der Waals surface area (Å²) in [5.41, 5.74) is 1.72. The fourth-order valence-electron chi connectivity index (χ4n) is 2.10. The Hall–Kier alpha value is -1.53. The number of anilines is 1. The lowest BCUT2D eigenvalue weighted by atomic mass is 10.1. The van der Waals surface area contributed by atoms with Gasteiger partial charge in [-0.05, 0) is 42.3 Å². The highest BCUT2D eigenvalue weighted by atomic mass is 79.9. The smallest absolute Gasteiger partial charge is 0.265 e. The summed E-state index contributed by atoms with van der Waals surface area (Å²) in [5.74, 6) is 0.304. The van der Waals surface area contributed by atoms with Gasteiger partial charge in [0.05, 0.1) is 7.11 Å². The van der Waals surface area contributed by atoms with Crippen molar-refractivity contribution in [2.75, 3.05) is 11.8 Å². The van der Waals surface area contributed by atoms with E-state index >= 15 is 0 Å². The van der Waals surface area contributed by atoms with Crippen LogP contribution in [0.4, 0.5) is 5.69 Å². The highest BCUT2D eigenvalue weighted by molar-refractivity contribution is 9.10. The first-order valence-corrected chi connectivity index (χ1v) is 9.19. The number of sulfonamides is 1. The van der Waals surface area contributed by atoms with Crippen LogP contribution in [0.15, 0.2) is 51.8 Å². The van der Waals surface area contributed by atoms with Crippen molar-refractivity contribution in [2.45, 2.75) is 24.7 Å². The monoisotopic (exact) mass is 383 g/mol. The van der Waals surface area contributed by atoms with Crippen LogP contribution in [-0.4, -0.2) is 15.5 Å². The van der Waals surface area contributed by atoms with E-state index in [1.165, 1.54) is 18.7 Å². The summed E-state index contributed by atoms with van der Waals surface area (Å²) < 4.78 is 33.5. The van der Waals surface area contributed by atoms with Crippen LogP contribution in [0, 0.1) is 0 Å². The van der Waals surface area contributed by atoms with Crippen molar-refractivity contribution in [1.29, 1.82) is 0 Å². The molecule has 0 unspecified atom stereocenters. The van der Waals surface area contributed by atoms with Crippen molar-refractivity contribution in [3.63, 3.8) is 0 Å². The van der Waals surface area contributed by atoms with Crippen LogP contribution in [-0.2, 0) is 16.4 Å².